The third kappa shape index (κ3) is 2.81. The second-order valence-electron chi connectivity index (χ2n) is 6.46. The molecule has 0 bridgehead atoms. The number of alkyl halides is 3. The number of hydrogen-bond donors (Lipinski definition) is 0. The standard InChI is InChI=1S/C20H15F3N2O/c1-12-3-2-4-13(9-12)10-14-7-8-25-18(14)24-17-11-15(20(21,22)23)5-6-16(17)19(25)26/h2-6,9-11H,7-8H2,1H3/b14-10+. The second-order valence-corrected chi connectivity index (χ2v) is 6.46. The van der Waals surface area contributed by atoms with E-state index in [0.29, 0.717) is 18.8 Å². The molecule has 0 amide bonds. The zero-order valence-electron chi connectivity index (χ0n) is 14.0. The highest BCUT2D eigenvalue weighted by molar-refractivity contribution is 5.85. The molecule has 0 spiro atoms. The van der Waals surface area contributed by atoms with Gasteiger partial charge in [-0.2, -0.15) is 13.2 Å². The molecule has 4 rings (SSSR count). The topological polar surface area (TPSA) is 34.9 Å². The van der Waals surface area contributed by atoms with Gasteiger partial charge in [-0.05, 0) is 48.8 Å². The number of halogens is 3. The van der Waals surface area contributed by atoms with Crippen molar-refractivity contribution in [3.05, 3.63) is 75.3 Å². The molecule has 0 fully saturated rings. The lowest BCUT2D eigenvalue weighted by Gasteiger charge is -2.09. The van der Waals surface area contributed by atoms with Gasteiger partial charge in [0, 0.05) is 6.54 Å². The fraction of sp³-hybridized carbons (Fsp3) is 0.200. The molecule has 0 saturated carbocycles. The average Bonchev–Trinajstić information content (AvgIpc) is 2.97. The molecule has 3 nitrogen and oxygen atoms in total. The summed E-state index contributed by atoms with van der Waals surface area (Å²) >= 11 is 0. The maximum Gasteiger partial charge on any atom is 0.416 e. The van der Waals surface area contributed by atoms with Crippen LogP contribution >= 0.6 is 0 Å². The summed E-state index contributed by atoms with van der Waals surface area (Å²) in [6.07, 6.45) is -1.90. The van der Waals surface area contributed by atoms with Gasteiger partial charge in [0.05, 0.1) is 16.5 Å². The van der Waals surface area contributed by atoms with E-state index in [0.717, 1.165) is 28.8 Å². The molecule has 26 heavy (non-hydrogen) atoms. The first-order valence-electron chi connectivity index (χ1n) is 8.22. The smallest absolute Gasteiger partial charge is 0.292 e. The largest absolute Gasteiger partial charge is 0.416 e. The fourth-order valence-electron chi connectivity index (χ4n) is 3.29. The van der Waals surface area contributed by atoms with Crippen LogP contribution in [0.3, 0.4) is 0 Å². The van der Waals surface area contributed by atoms with Gasteiger partial charge in [-0.15, -0.1) is 0 Å². The van der Waals surface area contributed by atoms with Gasteiger partial charge < -0.3 is 0 Å². The molecule has 132 valence electrons. The predicted octanol–water partition coefficient (Wildman–Crippen LogP) is 4.67. The predicted molar refractivity (Wildman–Crippen MR) is 94.7 cm³/mol. The molecule has 0 radical (unpaired) electrons. The summed E-state index contributed by atoms with van der Waals surface area (Å²) in [6.45, 7) is 2.47. The summed E-state index contributed by atoms with van der Waals surface area (Å²) in [5.74, 6) is 0.448. The van der Waals surface area contributed by atoms with Crippen molar-refractivity contribution in [1.82, 2.24) is 9.55 Å². The zero-order chi connectivity index (χ0) is 18.5. The van der Waals surface area contributed by atoms with Gasteiger partial charge in [-0.25, -0.2) is 4.98 Å². The lowest BCUT2D eigenvalue weighted by atomic mass is 10.1. The van der Waals surface area contributed by atoms with Gasteiger partial charge in [-0.1, -0.05) is 29.8 Å². The fourth-order valence-corrected chi connectivity index (χ4v) is 3.29. The van der Waals surface area contributed by atoms with Crippen molar-refractivity contribution in [1.29, 1.82) is 0 Å². The van der Waals surface area contributed by atoms with Crippen molar-refractivity contribution in [2.75, 3.05) is 0 Å². The van der Waals surface area contributed by atoms with Crippen molar-refractivity contribution >= 4 is 22.6 Å². The number of aryl methyl sites for hydroxylation is 1. The van der Waals surface area contributed by atoms with E-state index in [1.54, 1.807) is 0 Å². The Hall–Kier alpha value is -2.89. The molecule has 2 heterocycles. The number of nitrogens with zero attached hydrogens (tertiary/aromatic N) is 2. The van der Waals surface area contributed by atoms with Crippen LogP contribution in [-0.2, 0) is 12.7 Å². The molecule has 0 unspecified atom stereocenters. The highest BCUT2D eigenvalue weighted by Gasteiger charge is 2.31. The van der Waals surface area contributed by atoms with Crippen molar-refractivity contribution < 1.29 is 13.2 Å². The Kier molecular flexibility index (Phi) is 3.72. The Balaban J connectivity index is 1.89. The zero-order valence-corrected chi connectivity index (χ0v) is 14.0. The number of fused-ring (bicyclic) bond motifs is 2. The van der Waals surface area contributed by atoms with Crippen LogP contribution < -0.4 is 5.56 Å². The van der Waals surface area contributed by atoms with Crippen LogP contribution in [0.15, 0.2) is 47.3 Å². The van der Waals surface area contributed by atoms with E-state index in [1.807, 2.05) is 37.3 Å². The molecule has 0 aliphatic carbocycles. The summed E-state index contributed by atoms with van der Waals surface area (Å²) < 4.78 is 40.4. The molecule has 0 atom stereocenters. The third-order valence-electron chi connectivity index (χ3n) is 4.56. The molecule has 2 aromatic carbocycles. The molecule has 6 heteroatoms. The normalized spacial score (nSPS) is 15.6. The Morgan fingerprint density at radius 3 is 2.69 bits per heavy atom. The minimum atomic E-state index is -4.47. The highest BCUT2D eigenvalue weighted by atomic mass is 19.4. The Labute approximate surface area is 147 Å². The summed E-state index contributed by atoms with van der Waals surface area (Å²) in [6, 6.07) is 11.0. The van der Waals surface area contributed by atoms with Crippen molar-refractivity contribution in [2.24, 2.45) is 0 Å². The first-order chi connectivity index (χ1) is 12.3. The van der Waals surface area contributed by atoms with Crippen LogP contribution in [0.25, 0.3) is 22.6 Å². The quantitative estimate of drug-likeness (QED) is 0.635. The van der Waals surface area contributed by atoms with Crippen molar-refractivity contribution in [3.8, 4) is 0 Å². The highest BCUT2D eigenvalue weighted by Crippen LogP contribution is 2.32. The van der Waals surface area contributed by atoms with Crippen LogP contribution in [0.1, 0.15) is 28.9 Å². The Morgan fingerprint density at radius 2 is 1.96 bits per heavy atom. The molecule has 0 saturated heterocycles. The summed E-state index contributed by atoms with van der Waals surface area (Å²) in [7, 11) is 0. The van der Waals surface area contributed by atoms with Crippen molar-refractivity contribution in [2.45, 2.75) is 26.1 Å². The summed E-state index contributed by atoms with van der Waals surface area (Å²) in [5.41, 5.74) is 1.92. The second kappa shape index (κ2) is 5.83. The van der Waals surface area contributed by atoms with Crippen LogP contribution in [-0.4, -0.2) is 9.55 Å². The van der Waals surface area contributed by atoms with Crippen LogP contribution in [0.2, 0.25) is 0 Å². The van der Waals surface area contributed by atoms with Crippen molar-refractivity contribution in [3.63, 3.8) is 0 Å². The van der Waals surface area contributed by atoms with Gasteiger partial charge in [-0.3, -0.25) is 9.36 Å². The number of aromatic nitrogens is 2. The van der Waals surface area contributed by atoms with Gasteiger partial charge in [0.15, 0.2) is 0 Å². The van der Waals surface area contributed by atoms with E-state index in [-0.39, 0.29) is 16.5 Å². The van der Waals surface area contributed by atoms with Crippen LogP contribution in [0.4, 0.5) is 13.2 Å². The van der Waals surface area contributed by atoms with Gasteiger partial charge in [0.1, 0.15) is 5.82 Å². The maximum atomic E-state index is 13.0. The lowest BCUT2D eigenvalue weighted by molar-refractivity contribution is -0.137. The van der Waals surface area contributed by atoms with Gasteiger partial charge >= 0.3 is 6.18 Å². The SMILES string of the molecule is Cc1cccc(/C=C2\CCn3c2nc2cc(C(F)(F)F)ccc2c3=O)c1. The minimum absolute atomic E-state index is 0.0770. The summed E-state index contributed by atoms with van der Waals surface area (Å²) in [5, 5.41) is 0.207. The van der Waals surface area contributed by atoms with Gasteiger partial charge in [0.2, 0.25) is 0 Å². The number of allylic oxidation sites excluding steroid dienone is 1. The third-order valence-corrected chi connectivity index (χ3v) is 4.56. The number of rotatable bonds is 1. The number of benzene rings is 2. The Morgan fingerprint density at radius 1 is 1.15 bits per heavy atom. The maximum absolute atomic E-state index is 13.0. The molecular weight excluding hydrogens is 341 g/mol. The van der Waals surface area contributed by atoms with Crippen LogP contribution in [0.5, 0.6) is 0 Å². The minimum Gasteiger partial charge on any atom is -0.292 e. The van der Waals surface area contributed by atoms with E-state index in [4.69, 9.17) is 0 Å². The lowest BCUT2D eigenvalue weighted by Crippen LogP contribution is -2.21. The monoisotopic (exact) mass is 356 g/mol. The average molecular weight is 356 g/mol. The molecule has 3 aromatic rings. The summed E-state index contributed by atoms with van der Waals surface area (Å²) in [4.78, 5) is 17.0. The molecule has 1 aromatic heterocycles. The van der Waals surface area contributed by atoms with Crippen LogP contribution in [0, 0.1) is 6.92 Å². The first kappa shape index (κ1) is 16.6. The number of hydrogen-bond acceptors (Lipinski definition) is 2. The Bertz CT molecular complexity index is 1110. The van der Waals surface area contributed by atoms with E-state index in [2.05, 4.69) is 4.98 Å². The molecular formula is C20H15F3N2O. The van der Waals surface area contributed by atoms with E-state index in [9.17, 15) is 18.0 Å². The van der Waals surface area contributed by atoms with E-state index >= 15 is 0 Å². The van der Waals surface area contributed by atoms with Gasteiger partial charge in [0.25, 0.3) is 5.56 Å². The first-order valence-corrected chi connectivity index (χ1v) is 8.22. The molecule has 1 aliphatic heterocycles. The van der Waals surface area contributed by atoms with E-state index < -0.39 is 11.7 Å². The van der Waals surface area contributed by atoms with E-state index in [1.165, 1.54) is 10.6 Å². The molecule has 0 N–H and O–H groups in total. The molecule has 1 aliphatic rings.